The Balaban J connectivity index is 3.21. The second kappa shape index (κ2) is 5.65. The third kappa shape index (κ3) is 2.57. The topological polar surface area (TPSA) is 99.6 Å². The van der Waals surface area contributed by atoms with Crippen LogP contribution >= 0.6 is 11.8 Å². The number of nitrogens with two attached hydrogens (primary N) is 2. The molecule has 17 heavy (non-hydrogen) atoms. The zero-order chi connectivity index (χ0) is 13.0. The van der Waals surface area contributed by atoms with E-state index in [1.165, 1.54) is 0 Å². The Bertz CT molecular complexity index is 414. The van der Waals surface area contributed by atoms with E-state index in [-0.39, 0.29) is 11.8 Å². The van der Waals surface area contributed by atoms with Gasteiger partial charge < -0.3 is 11.5 Å². The van der Waals surface area contributed by atoms with Crippen LogP contribution in [0.2, 0.25) is 0 Å². The van der Waals surface area contributed by atoms with Gasteiger partial charge in [-0.25, -0.2) is 0 Å². The Morgan fingerprint density at radius 3 is 2.06 bits per heavy atom. The molecular formula is C12H16N4S. The van der Waals surface area contributed by atoms with Crippen molar-refractivity contribution >= 4 is 11.8 Å². The van der Waals surface area contributed by atoms with Crippen molar-refractivity contribution in [3.8, 4) is 12.1 Å². The molecule has 4 nitrogen and oxygen atoms in total. The van der Waals surface area contributed by atoms with Crippen LogP contribution in [0.15, 0.2) is 21.2 Å². The van der Waals surface area contributed by atoms with Gasteiger partial charge in [0.05, 0.1) is 33.3 Å². The van der Waals surface area contributed by atoms with Crippen LogP contribution in [0.4, 0.5) is 0 Å². The van der Waals surface area contributed by atoms with Crippen molar-refractivity contribution in [2.24, 2.45) is 23.3 Å². The van der Waals surface area contributed by atoms with Crippen LogP contribution < -0.4 is 11.5 Å². The van der Waals surface area contributed by atoms with Gasteiger partial charge in [0.2, 0.25) is 0 Å². The summed E-state index contributed by atoms with van der Waals surface area (Å²) < 4.78 is 0. The summed E-state index contributed by atoms with van der Waals surface area (Å²) in [6, 6.07) is 4.24. The lowest BCUT2D eigenvalue weighted by Crippen LogP contribution is -2.24. The molecule has 0 amide bonds. The number of thioether (sulfide) groups is 1. The molecular weight excluding hydrogens is 232 g/mol. The first-order valence-corrected chi connectivity index (χ1v) is 6.35. The summed E-state index contributed by atoms with van der Waals surface area (Å²) in [5.74, 6) is -0.0477. The minimum Gasteiger partial charge on any atom is -0.392 e. The molecule has 0 aromatic rings. The Morgan fingerprint density at radius 2 is 1.71 bits per heavy atom. The van der Waals surface area contributed by atoms with Gasteiger partial charge in [-0.3, -0.25) is 0 Å². The van der Waals surface area contributed by atoms with E-state index < -0.39 is 0 Å². The smallest absolute Gasteiger partial charge is 0.0981 e. The largest absolute Gasteiger partial charge is 0.392 e. The Hall–Kier alpha value is -1.59. The van der Waals surface area contributed by atoms with Crippen molar-refractivity contribution in [2.75, 3.05) is 0 Å². The van der Waals surface area contributed by atoms with Crippen LogP contribution in [0.3, 0.4) is 0 Å². The molecule has 0 fully saturated rings. The van der Waals surface area contributed by atoms with Gasteiger partial charge in [0, 0.05) is 5.92 Å². The molecule has 0 aromatic carbocycles. The van der Waals surface area contributed by atoms with Crippen molar-refractivity contribution in [3.63, 3.8) is 0 Å². The lowest BCUT2D eigenvalue weighted by Gasteiger charge is -2.28. The Morgan fingerprint density at radius 1 is 1.24 bits per heavy atom. The van der Waals surface area contributed by atoms with Crippen LogP contribution in [-0.2, 0) is 0 Å². The first kappa shape index (κ1) is 13.5. The van der Waals surface area contributed by atoms with E-state index >= 15 is 0 Å². The number of nitrogens with zero attached hydrogens (tertiary/aromatic N) is 2. The Labute approximate surface area is 106 Å². The lowest BCUT2D eigenvalue weighted by atomic mass is 9.80. The van der Waals surface area contributed by atoms with E-state index in [1.54, 1.807) is 0 Å². The van der Waals surface area contributed by atoms with E-state index in [1.807, 2.05) is 6.92 Å². The van der Waals surface area contributed by atoms with Crippen LogP contribution in [0, 0.1) is 34.5 Å². The average Bonchev–Trinajstić information content (AvgIpc) is 2.28. The minimum atomic E-state index is -0.244. The molecule has 1 heterocycles. The SMILES string of the molecule is CCC[C@H](C)C1C(C#N)=C(N)SC(N)=C1C#N. The van der Waals surface area contributed by atoms with E-state index in [2.05, 4.69) is 19.1 Å². The number of nitriles is 2. The highest BCUT2D eigenvalue weighted by atomic mass is 32.2. The van der Waals surface area contributed by atoms with Gasteiger partial charge in [-0.2, -0.15) is 10.5 Å². The van der Waals surface area contributed by atoms with E-state index in [0.717, 1.165) is 24.6 Å². The molecule has 4 N–H and O–H groups in total. The number of rotatable bonds is 3. The van der Waals surface area contributed by atoms with Gasteiger partial charge in [-0.1, -0.05) is 38.5 Å². The summed E-state index contributed by atoms with van der Waals surface area (Å²) in [6.45, 7) is 4.10. The first-order valence-electron chi connectivity index (χ1n) is 5.54. The van der Waals surface area contributed by atoms with Crippen LogP contribution in [-0.4, -0.2) is 0 Å². The maximum Gasteiger partial charge on any atom is 0.0981 e. The average molecular weight is 248 g/mol. The van der Waals surface area contributed by atoms with Gasteiger partial charge in [0.25, 0.3) is 0 Å². The fourth-order valence-corrected chi connectivity index (χ4v) is 2.92. The molecule has 0 radical (unpaired) electrons. The fraction of sp³-hybridized carbons (Fsp3) is 0.500. The maximum absolute atomic E-state index is 9.17. The summed E-state index contributed by atoms with van der Waals surface area (Å²) >= 11 is 1.12. The standard InChI is InChI=1S/C12H16N4S/c1-3-4-7(2)10-8(5-13)11(15)17-12(16)9(10)6-14/h7,10H,3-4,15-16H2,1-2H3/t7-/m0/s1. The number of hydrogen-bond donors (Lipinski definition) is 2. The molecule has 0 saturated carbocycles. The van der Waals surface area contributed by atoms with Crippen molar-refractivity contribution in [1.29, 1.82) is 10.5 Å². The van der Waals surface area contributed by atoms with Crippen molar-refractivity contribution in [3.05, 3.63) is 21.2 Å². The highest BCUT2D eigenvalue weighted by Gasteiger charge is 2.33. The van der Waals surface area contributed by atoms with E-state index in [4.69, 9.17) is 11.5 Å². The van der Waals surface area contributed by atoms with Gasteiger partial charge >= 0.3 is 0 Å². The summed E-state index contributed by atoms with van der Waals surface area (Å²) in [4.78, 5) is 0. The highest BCUT2D eigenvalue weighted by Crippen LogP contribution is 2.41. The molecule has 0 bridgehead atoms. The van der Waals surface area contributed by atoms with Crippen LogP contribution in [0.5, 0.6) is 0 Å². The summed E-state index contributed by atoms with van der Waals surface area (Å²) in [5, 5.41) is 19.2. The summed E-state index contributed by atoms with van der Waals surface area (Å²) in [7, 11) is 0. The molecule has 1 rings (SSSR count). The summed E-state index contributed by atoms with van der Waals surface area (Å²) in [6.07, 6.45) is 1.94. The zero-order valence-corrected chi connectivity index (χ0v) is 10.8. The van der Waals surface area contributed by atoms with Gasteiger partial charge in [0.1, 0.15) is 0 Å². The molecule has 0 aromatic heterocycles. The molecule has 0 saturated heterocycles. The highest BCUT2D eigenvalue weighted by molar-refractivity contribution is 8.06. The third-order valence-corrected chi connectivity index (χ3v) is 3.81. The summed E-state index contributed by atoms with van der Waals surface area (Å²) in [5.41, 5.74) is 12.6. The number of allylic oxidation sites excluding steroid dienone is 2. The van der Waals surface area contributed by atoms with E-state index in [0.29, 0.717) is 21.2 Å². The Kier molecular flexibility index (Phi) is 4.48. The second-order valence-corrected chi connectivity index (χ2v) is 5.21. The third-order valence-electron chi connectivity index (χ3n) is 2.93. The monoisotopic (exact) mass is 248 g/mol. The molecule has 0 spiro atoms. The minimum absolute atomic E-state index is 0.197. The van der Waals surface area contributed by atoms with Gasteiger partial charge in [-0.15, -0.1) is 0 Å². The van der Waals surface area contributed by atoms with E-state index in [9.17, 15) is 10.5 Å². The molecule has 1 aliphatic rings. The van der Waals surface area contributed by atoms with Crippen LogP contribution in [0.1, 0.15) is 26.7 Å². The molecule has 0 aliphatic carbocycles. The normalized spacial score (nSPS) is 18.8. The second-order valence-electron chi connectivity index (χ2n) is 4.13. The van der Waals surface area contributed by atoms with Crippen molar-refractivity contribution < 1.29 is 0 Å². The van der Waals surface area contributed by atoms with Crippen LogP contribution in [0.25, 0.3) is 0 Å². The molecule has 1 atom stereocenters. The number of hydrogen-bond acceptors (Lipinski definition) is 5. The van der Waals surface area contributed by atoms with Crippen molar-refractivity contribution in [2.45, 2.75) is 26.7 Å². The predicted molar refractivity (Wildman–Crippen MR) is 68.8 cm³/mol. The first-order chi connectivity index (χ1) is 8.06. The predicted octanol–water partition coefficient (Wildman–Crippen LogP) is 2.17. The molecule has 1 aliphatic heterocycles. The quantitative estimate of drug-likeness (QED) is 0.797. The molecule has 90 valence electrons. The fourth-order valence-electron chi connectivity index (χ4n) is 2.12. The molecule has 5 heteroatoms. The maximum atomic E-state index is 9.17. The molecule has 0 unspecified atom stereocenters. The zero-order valence-electron chi connectivity index (χ0n) is 10.0. The van der Waals surface area contributed by atoms with Gasteiger partial charge in [-0.05, 0) is 5.92 Å². The lowest BCUT2D eigenvalue weighted by molar-refractivity contribution is 0.434. The van der Waals surface area contributed by atoms with Gasteiger partial charge in [0.15, 0.2) is 0 Å². The van der Waals surface area contributed by atoms with Crippen molar-refractivity contribution in [1.82, 2.24) is 0 Å².